The van der Waals surface area contributed by atoms with Crippen LogP contribution >= 0.6 is 23.2 Å². The van der Waals surface area contributed by atoms with Gasteiger partial charge in [0.2, 0.25) is 11.8 Å². The molecule has 2 aromatic carbocycles. The second-order valence-corrected chi connectivity index (χ2v) is 12.1. The summed E-state index contributed by atoms with van der Waals surface area (Å²) in [5.74, 6) is 0.576. The molecular weight excluding hydrogens is 641 g/mol. The van der Waals surface area contributed by atoms with Crippen LogP contribution < -0.4 is 26.2 Å². The Hall–Kier alpha value is -4.26. The monoisotopic (exact) mass is 675 g/mol. The van der Waals surface area contributed by atoms with Crippen LogP contribution in [0.2, 0.25) is 10.0 Å². The van der Waals surface area contributed by atoms with Crippen molar-refractivity contribution in [2.75, 3.05) is 26.8 Å². The van der Waals surface area contributed by atoms with E-state index in [4.69, 9.17) is 38.0 Å². The number of fused-ring (bicyclic) bond motifs is 1. The fourth-order valence-electron chi connectivity index (χ4n) is 5.92. The number of halogens is 2. The number of carbonyl (C=O) groups excluding carboxylic acids is 1. The lowest BCUT2D eigenvalue weighted by atomic mass is 9.98. The van der Waals surface area contributed by atoms with Crippen LogP contribution in [0.4, 0.5) is 0 Å². The number of amides is 1. The van der Waals surface area contributed by atoms with Crippen LogP contribution in [0.5, 0.6) is 5.88 Å². The Labute approximate surface area is 281 Å². The Morgan fingerprint density at radius 2 is 1.68 bits per heavy atom. The van der Waals surface area contributed by atoms with E-state index in [0.717, 1.165) is 28.7 Å². The number of nitrogens with zero attached hydrogens (tertiary/aromatic N) is 4. The number of hydrogen-bond acceptors (Lipinski definition) is 8. The number of aliphatic hydroxyl groups is 1. The van der Waals surface area contributed by atoms with Crippen LogP contribution in [-0.4, -0.2) is 63.0 Å². The molecule has 244 valence electrons. The van der Waals surface area contributed by atoms with Gasteiger partial charge in [0.25, 0.3) is 5.56 Å². The fraction of sp³-hybridized carbons (Fsp3) is 0.294. The van der Waals surface area contributed by atoms with Crippen molar-refractivity contribution in [3.63, 3.8) is 0 Å². The second kappa shape index (κ2) is 14.2. The minimum Gasteiger partial charge on any atom is -0.481 e. The first-order valence-corrected chi connectivity index (χ1v) is 16.1. The maximum atomic E-state index is 13.0. The smallest absolute Gasteiger partial charge is 0.273 e. The molecule has 1 atom stereocenters. The quantitative estimate of drug-likeness (QED) is 0.145. The molecule has 0 unspecified atom stereocenters. The normalized spacial score (nSPS) is 14.6. The summed E-state index contributed by atoms with van der Waals surface area (Å²) >= 11 is 14.2. The van der Waals surface area contributed by atoms with Crippen LogP contribution in [0.1, 0.15) is 24.1 Å². The minimum absolute atomic E-state index is 0.00271. The van der Waals surface area contributed by atoms with E-state index in [2.05, 4.69) is 20.9 Å². The lowest BCUT2D eigenvalue weighted by Crippen LogP contribution is -2.35. The molecule has 1 aliphatic rings. The molecule has 0 bridgehead atoms. The number of aryl methyl sites for hydroxylation is 1. The topological polar surface area (TPSA) is 135 Å². The van der Waals surface area contributed by atoms with Gasteiger partial charge in [-0.15, -0.1) is 0 Å². The average Bonchev–Trinajstić information content (AvgIpc) is 3.63. The summed E-state index contributed by atoms with van der Waals surface area (Å²) in [5.41, 5.74) is 5.98. The molecule has 13 heteroatoms. The van der Waals surface area contributed by atoms with Gasteiger partial charge in [-0.3, -0.25) is 14.3 Å². The highest BCUT2D eigenvalue weighted by Crippen LogP contribution is 2.42. The van der Waals surface area contributed by atoms with E-state index < -0.39 is 0 Å². The first-order valence-electron chi connectivity index (χ1n) is 15.3. The number of aromatic nitrogens is 4. The Morgan fingerprint density at radius 1 is 0.957 bits per heavy atom. The number of ether oxygens (including phenoxy) is 1. The fourth-order valence-corrected chi connectivity index (χ4v) is 6.57. The SMILES string of the molecule is COc1nc(-c2cccc(-c3cccc(-c4cc5nc(CNCCO)cc(=O)n5n4C)c3Cl)c2Cl)ccc1CNC[C@@H]1CCC(=O)N1. The Balaban J connectivity index is 1.29. The molecular formula is C34H35Cl2N7O4. The van der Waals surface area contributed by atoms with E-state index in [9.17, 15) is 9.59 Å². The molecule has 6 rings (SSSR count). The van der Waals surface area contributed by atoms with Gasteiger partial charge in [0.15, 0.2) is 5.65 Å². The highest BCUT2D eigenvalue weighted by Gasteiger charge is 2.21. The first kappa shape index (κ1) is 32.7. The second-order valence-electron chi connectivity index (χ2n) is 11.3. The Kier molecular flexibility index (Phi) is 9.90. The zero-order valence-electron chi connectivity index (χ0n) is 26.0. The molecule has 4 heterocycles. The maximum Gasteiger partial charge on any atom is 0.273 e. The number of methoxy groups -OCH3 is 1. The molecule has 4 N–H and O–H groups in total. The number of aliphatic hydroxyl groups excluding tert-OH is 1. The summed E-state index contributed by atoms with van der Waals surface area (Å²) < 4.78 is 8.86. The van der Waals surface area contributed by atoms with Gasteiger partial charge in [-0.25, -0.2) is 9.97 Å². The number of rotatable bonds is 12. The Morgan fingerprint density at radius 3 is 2.38 bits per heavy atom. The standard InChI is InChI=1S/C34H35Cl2N7O4/c1-42-28(16-29-39-22(19-37-13-14-44)15-31(46)43(29)42)26-8-4-6-24(33(26)36)23-5-3-7-25(32(23)35)27-11-9-20(34(41-27)47-2)17-38-18-21-10-12-30(45)40-21/h3-9,11,15-16,21,37-38,44H,10,12-14,17-19H2,1-2H3,(H,40,45)/t21-/m0/s1. The summed E-state index contributed by atoms with van der Waals surface area (Å²) in [7, 11) is 3.37. The molecule has 0 saturated carbocycles. The van der Waals surface area contributed by atoms with Gasteiger partial charge in [-0.2, -0.15) is 4.52 Å². The van der Waals surface area contributed by atoms with Crippen molar-refractivity contribution in [3.8, 4) is 39.5 Å². The number of pyridine rings is 1. The van der Waals surface area contributed by atoms with Crippen LogP contribution in [0.25, 0.3) is 39.3 Å². The van der Waals surface area contributed by atoms with Crippen LogP contribution in [0.3, 0.4) is 0 Å². The zero-order valence-corrected chi connectivity index (χ0v) is 27.5. The molecule has 11 nitrogen and oxygen atoms in total. The summed E-state index contributed by atoms with van der Waals surface area (Å²) in [5, 5.41) is 19.4. The highest BCUT2D eigenvalue weighted by atomic mass is 35.5. The lowest BCUT2D eigenvalue weighted by Gasteiger charge is -2.16. The van der Waals surface area contributed by atoms with Gasteiger partial charge < -0.3 is 25.8 Å². The number of nitrogens with one attached hydrogen (secondary N) is 3. The molecule has 1 fully saturated rings. The van der Waals surface area contributed by atoms with Gasteiger partial charge in [0.1, 0.15) is 0 Å². The Bertz CT molecular complexity index is 2010. The van der Waals surface area contributed by atoms with Gasteiger partial charge in [0, 0.05) is 85.6 Å². The van der Waals surface area contributed by atoms with Crippen LogP contribution in [-0.2, 0) is 24.9 Å². The van der Waals surface area contributed by atoms with Crippen molar-refractivity contribution in [1.82, 2.24) is 35.1 Å². The molecule has 0 radical (unpaired) electrons. The largest absolute Gasteiger partial charge is 0.481 e. The van der Waals surface area contributed by atoms with Gasteiger partial charge in [-0.05, 0) is 12.5 Å². The van der Waals surface area contributed by atoms with E-state index in [0.29, 0.717) is 76.8 Å². The van der Waals surface area contributed by atoms with E-state index in [-0.39, 0.29) is 24.1 Å². The average molecular weight is 677 g/mol. The van der Waals surface area contributed by atoms with Crippen molar-refractivity contribution in [3.05, 3.63) is 92.3 Å². The van der Waals surface area contributed by atoms with Crippen molar-refractivity contribution in [2.24, 2.45) is 7.05 Å². The zero-order chi connectivity index (χ0) is 33.1. The molecule has 0 spiro atoms. The van der Waals surface area contributed by atoms with E-state index in [1.54, 1.807) is 18.8 Å². The number of benzene rings is 2. The molecule has 1 aliphatic heterocycles. The molecule has 3 aromatic heterocycles. The molecule has 1 amide bonds. The molecule has 5 aromatic rings. The van der Waals surface area contributed by atoms with Crippen molar-refractivity contribution in [1.29, 1.82) is 0 Å². The van der Waals surface area contributed by atoms with E-state index in [1.165, 1.54) is 10.6 Å². The predicted octanol–water partition coefficient (Wildman–Crippen LogP) is 4.19. The maximum absolute atomic E-state index is 13.0. The van der Waals surface area contributed by atoms with Gasteiger partial charge in [-0.1, -0.05) is 65.7 Å². The van der Waals surface area contributed by atoms with E-state index >= 15 is 0 Å². The summed E-state index contributed by atoms with van der Waals surface area (Å²) in [4.78, 5) is 33.9. The van der Waals surface area contributed by atoms with E-state index in [1.807, 2.05) is 54.6 Å². The van der Waals surface area contributed by atoms with Crippen molar-refractivity contribution >= 4 is 34.8 Å². The molecule has 47 heavy (non-hydrogen) atoms. The van der Waals surface area contributed by atoms with Gasteiger partial charge in [0.05, 0.1) is 40.8 Å². The van der Waals surface area contributed by atoms with Crippen LogP contribution in [0, 0.1) is 0 Å². The van der Waals surface area contributed by atoms with Gasteiger partial charge >= 0.3 is 0 Å². The third-order valence-electron chi connectivity index (χ3n) is 8.25. The summed E-state index contributed by atoms with van der Waals surface area (Å²) in [6.07, 6.45) is 1.39. The van der Waals surface area contributed by atoms with Crippen LogP contribution in [0.15, 0.2) is 65.5 Å². The first-order chi connectivity index (χ1) is 22.8. The predicted molar refractivity (Wildman–Crippen MR) is 183 cm³/mol. The van der Waals surface area contributed by atoms with Crippen molar-refractivity contribution in [2.45, 2.75) is 32.0 Å². The third-order valence-corrected chi connectivity index (χ3v) is 9.06. The lowest BCUT2D eigenvalue weighted by molar-refractivity contribution is -0.119. The number of carbonyl (C=O) groups is 1. The summed E-state index contributed by atoms with van der Waals surface area (Å²) in [6, 6.07) is 18.7. The van der Waals surface area contributed by atoms with Crippen molar-refractivity contribution < 1.29 is 14.6 Å². The molecule has 0 aliphatic carbocycles. The molecule has 1 saturated heterocycles. The minimum atomic E-state index is -0.223. The highest BCUT2D eigenvalue weighted by molar-refractivity contribution is 6.39. The number of hydrogen-bond donors (Lipinski definition) is 4. The summed E-state index contributed by atoms with van der Waals surface area (Å²) in [6.45, 7) is 1.97. The third kappa shape index (κ3) is 6.76.